The Morgan fingerprint density at radius 1 is 0.875 bits per heavy atom. The fraction of sp³-hybridized carbons (Fsp3) is 0.231. The van der Waals surface area contributed by atoms with E-state index in [2.05, 4.69) is 82.8 Å². The summed E-state index contributed by atoms with van der Waals surface area (Å²) in [6.45, 7) is 7.50. The molecule has 6 heteroatoms. The van der Waals surface area contributed by atoms with Gasteiger partial charge in [0.15, 0.2) is 0 Å². The lowest BCUT2D eigenvalue weighted by molar-refractivity contribution is 0.122. The molecule has 4 aromatic rings. The second-order valence-electron chi connectivity index (χ2n) is 8.13. The third kappa shape index (κ3) is 4.36. The van der Waals surface area contributed by atoms with Crippen molar-refractivity contribution >= 4 is 17.2 Å². The Kier molecular flexibility index (Phi) is 5.60. The molecule has 0 saturated carbocycles. The monoisotopic (exact) mass is 425 g/mol. The van der Waals surface area contributed by atoms with Crippen LogP contribution in [0, 0.1) is 13.8 Å². The minimum Gasteiger partial charge on any atom is -0.378 e. The van der Waals surface area contributed by atoms with Crippen molar-refractivity contribution < 1.29 is 4.74 Å². The maximum Gasteiger partial charge on any atom is 0.130 e. The average molecular weight is 426 g/mol. The van der Waals surface area contributed by atoms with Crippen LogP contribution in [0.2, 0.25) is 0 Å². The molecule has 0 radical (unpaired) electrons. The van der Waals surface area contributed by atoms with Gasteiger partial charge in [0.1, 0.15) is 5.82 Å². The lowest BCUT2D eigenvalue weighted by atomic mass is 10.1. The number of pyridine rings is 1. The minimum atomic E-state index is 0.773. The van der Waals surface area contributed by atoms with E-state index in [9.17, 15) is 0 Å². The molecule has 1 aliphatic rings. The zero-order valence-corrected chi connectivity index (χ0v) is 18.5. The van der Waals surface area contributed by atoms with Gasteiger partial charge < -0.3 is 15.0 Å². The first-order valence-corrected chi connectivity index (χ1v) is 11.0. The summed E-state index contributed by atoms with van der Waals surface area (Å²) in [5, 5.41) is 8.21. The van der Waals surface area contributed by atoms with Crippen molar-refractivity contribution in [2.75, 3.05) is 36.5 Å². The standard InChI is InChI=1S/C26H27N5O/c1-19-5-3-8-24(15-19)31-25(16-20(2)29-31)21-9-10-27-26(17-21)28-22-6-4-7-23(18-22)30-11-13-32-14-12-30/h3-10,15-18H,11-14H2,1-2H3,(H,27,28). The van der Waals surface area contributed by atoms with E-state index in [0.717, 1.165) is 60.4 Å². The second-order valence-corrected chi connectivity index (χ2v) is 8.13. The number of ether oxygens (including phenoxy) is 1. The summed E-state index contributed by atoms with van der Waals surface area (Å²) >= 11 is 0. The predicted molar refractivity (Wildman–Crippen MR) is 129 cm³/mol. The number of anilines is 3. The van der Waals surface area contributed by atoms with Crippen LogP contribution < -0.4 is 10.2 Å². The van der Waals surface area contributed by atoms with E-state index in [1.807, 2.05) is 23.9 Å². The van der Waals surface area contributed by atoms with Gasteiger partial charge in [0.05, 0.1) is 30.3 Å². The molecule has 0 spiro atoms. The van der Waals surface area contributed by atoms with Gasteiger partial charge in [-0.2, -0.15) is 5.10 Å². The fourth-order valence-corrected chi connectivity index (χ4v) is 4.07. The Morgan fingerprint density at radius 3 is 2.53 bits per heavy atom. The van der Waals surface area contributed by atoms with Crippen LogP contribution in [0.25, 0.3) is 16.9 Å². The molecule has 3 heterocycles. The summed E-state index contributed by atoms with van der Waals surface area (Å²) in [4.78, 5) is 6.90. The van der Waals surface area contributed by atoms with Crippen molar-refractivity contribution in [3.63, 3.8) is 0 Å². The van der Waals surface area contributed by atoms with E-state index < -0.39 is 0 Å². The molecule has 0 bridgehead atoms. The molecule has 32 heavy (non-hydrogen) atoms. The van der Waals surface area contributed by atoms with Crippen molar-refractivity contribution in [3.05, 3.63) is 84.2 Å². The molecular formula is C26H27N5O. The van der Waals surface area contributed by atoms with Gasteiger partial charge in [-0.1, -0.05) is 18.2 Å². The van der Waals surface area contributed by atoms with Gasteiger partial charge in [-0.05, 0) is 67.9 Å². The van der Waals surface area contributed by atoms with E-state index >= 15 is 0 Å². The van der Waals surface area contributed by atoms with Crippen LogP contribution >= 0.6 is 0 Å². The molecule has 2 aromatic carbocycles. The number of rotatable bonds is 5. The van der Waals surface area contributed by atoms with E-state index in [1.54, 1.807) is 0 Å². The molecule has 0 atom stereocenters. The van der Waals surface area contributed by atoms with Gasteiger partial charge in [0.2, 0.25) is 0 Å². The Bertz CT molecular complexity index is 1230. The molecule has 5 rings (SSSR count). The number of aryl methyl sites for hydroxylation is 2. The predicted octanol–water partition coefficient (Wildman–Crippen LogP) is 5.13. The SMILES string of the molecule is Cc1cccc(-n2nc(C)cc2-c2ccnc(Nc3cccc(N4CCOCC4)c3)c2)c1. The molecule has 6 nitrogen and oxygen atoms in total. The van der Waals surface area contributed by atoms with E-state index in [1.165, 1.54) is 11.3 Å². The largest absolute Gasteiger partial charge is 0.378 e. The van der Waals surface area contributed by atoms with Gasteiger partial charge in [0, 0.05) is 36.2 Å². The molecule has 2 aromatic heterocycles. The smallest absolute Gasteiger partial charge is 0.130 e. The average Bonchev–Trinajstić information content (AvgIpc) is 3.22. The summed E-state index contributed by atoms with van der Waals surface area (Å²) in [5.74, 6) is 0.802. The number of morpholine rings is 1. The van der Waals surface area contributed by atoms with Crippen LogP contribution in [0.5, 0.6) is 0 Å². The molecule has 162 valence electrons. The van der Waals surface area contributed by atoms with Gasteiger partial charge in [-0.25, -0.2) is 9.67 Å². The quantitative estimate of drug-likeness (QED) is 0.480. The first-order chi connectivity index (χ1) is 15.7. The highest BCUT2D eigenvalue weighted by Gasteiger charge is 2.13. The number of nitrogens with one attached hydrogen (secondary N) is 1. The van der Waals surface area contributed by atoms with E-state index in [-0.39, 0.29) is 0 Å². The molecule has 0 aliphatic carbocycles. The summed E-state index contributed by atoms with van der Waals surface area (Å²) in [7, 11) is 0. The van der Waals surface area contributed by atoms with Crippen LogP contribution in [-0.4, -0.2) is 41.1 Å². The maximum absolute atomic E-state index is 5.48. The van der Waals surface area contributed by atoms with Crippen LogP contribution in [0.15, 0.2) is 72.9 Å². The number of hydrogen-bond acceptors (Lipinski definition) is 5. The molecule has 1 N–H and O–H groups in total. The highest BCUT2D eigenvalue weighted by Crippen LogP contribution is 2.28. The van der Waals surface area contributed by atoms with Gasteiger partial charge in [-0.15, -0.1) is 0 Å². The third-order valence-corrected chi connectivity index (χ3v) is 5.63. The van der Waals surface area contributed by atoms with Crippen LogP contribution in [0.4, 0.5) is 17.2 Å². The molecule has 1 saturated heterocycles. The maximum atomic E-state index is 5.48. The van der Waals surface area contributed by atoms with Crippen molar-refractivity contribution in [2.45, 2.75) is 13.8 Å². The van der Waals surface area contributed by atoms with Crippen molar-refractivity contribution in [2.24, 2.45) is 0 Å². The van der Waals surface area contributed by atoms with Gasteiger partial charge >= 0.3 is 0 Å². The van der Waals surface area contributed by atoms with E-state index in [0.29, 0.717) is 0 Å². The molecule has 1 aliphatic heterocycles. The minimum absolute atomic E-state index is 0.773. The zero-order chi connectivity index (χ0) is 21.9. The number of aromatic nitrogens is 3. The summed E-state index contributed by atoms with van der Waals surface area (Å²) in [5.41, 5.74) is 7.56. The highest BCUT2D eigenvalue weighted by atomic mass is 16.5. The molecular weight excluding hydrogens is 398 g/mol. The number of hydrogen-bond donors (Lipinski definition) is 1. The van der Waals surface area contributed by atoms with E-state index in [4.69, 9.17) is 9.84 Å². The van der Waals surface area contributed by atoms with Crippen LogP contribution in [0.3, 0.4) is 0 Å². The lowest BCUT2D eigenvalue weighted by Gasteiger charge is -2.29. The lowest BCUT2D eigenvalue weighted by Crippen LogP contribution is -2.36. The Hall–Kier alpha value is -3.64. The van der Waals surface area contributed by atoms with Gasteiger partial charge in [-0.3, -0.25) is 0 Å². The van der Waals surface area contributed by atoms with Crippen molar-refractivity contribution in [1.82, 2.24) is 14.8 Å². The summed E-state index contributed by atoms with van der Waals surface area (Å²) in [6, 6.07) is 23.1. The Balaban J connectivity index is 1.43. The van der Waals surface area contributed by atoms with Gasteiger partial charge in [0.25, 0.3) is 0 Å². The first-order valence-electron chi connectivity index (χ1n) is 11.0. The van der Waals surface area contributed by atoms with Crippen molar-refractivity contribution in [1.29, 1.82) is 0 Å². The molecule has 0 amide bonds. The Morgan fingerprint density at radius 2 is 1.69 bits per heavy atom. The normalized spacial score (nSPS) is 13.9. The number of benzene rings is 2. The summed E-state index contributed by atoms with van der Waals surface area (Å²) < 4.78 is 7.48. The van der Waals surface area contributed by atoms with Crippen LogP contribution in [-0.2, 0) is 4.74 Å². The third-order valence-electron chi connectivity index (χ3n) is 5.63. The summed E-state index contributed by atoms with van der Waals surface area (Å²) in [6.07, 6.45) is 1.84. The second kappa shape index (κ2) is 8.85. The Labute approximate surface area is 188 Å². The highest BCUT2D eigenvalue weighted by molar-refractivity contribution is 5.69. The topological polar surface area (TPSA) is 55.2 Å². The zero-order valence-electron chi connectivity index (χ0n) is 18.5. The first kappa shape index (κ1) is 20.3. The molecule has 1 fully saturated rings. The molecule has 0 unspecified atom stereocenters. The number of nitrogens with zero attached hydrogens (tertiary/aromatic N) is 4. The fourth-order valence-electron chi connectivity index (χ4n) is 4.07. The van der Waals surface area contributed by atoms with Crippen LogP contribution in [0.1, 0.15) is 11.3 Å². The van der Waals surface area contributed by atoms with Crippen molar-refractivity contribution in [3.8, 4) is 16.9 Å².